The third kappa shape index (κ3) is 4.05. The second kappa shape index (κ2) is 6.52. The van der Waals surface area contributed by atoms with Crippen LogP contribution in [-0.2, 0) is 4.65 Å². The van der Waals surface area contributed by atoms with Crippen molar-refractivity contribution in [1.29, 1.82) is 0 Å². The summed E-state index contributed by atoms with van der Waals surface area (Å²) < 4.78 is 11.2. The molecule has 23 heavy (non-hydrogen) atoms. The van der Waals surface area contributed by atoms with Crippen LogP contribution in [-0.4, -0.2) is 35.1 Å². The lowest BCUT2D eigenvalue weighted by atomic mass is 9.76. The maximum absolute atomic E-state index is 10.4. The third-order valence-corrected chi connectivity index (χ3v) is 4.31. The van der Waals surface area contributed by atoms with Gasteiger partial charge in [-0.3, -0.25) is 0 Å². The lowest BCUT2D eigenvalue weighted by Crippen LogP contribution is -2.53. The first kappa shape index (κ1) is 17.8. The van der Waals surface area contributed by atoms with Crippen LogP contribution in [0.3, 0.4) is 0 Å². The summed E-state index contributed by atoms with van der Waals surface area (Å²) in [6, 6.07) is 11.5. The minimum atomic E-state index is -1.10. The Hall–Kier alpha value is -1.56. The van der Waals surface area contributed by atoms with E-state index in [0.29, 0.717) is 12.1 Å². The van der Waals surface area contributed by atoms with E-state index >= 15 is 0 Å². The molecule has 4 nitrogen and oxygen atoms in total. The summed E-state index contributed by atoms with van der Waals surface area (Å²) in [6.45, 7) is 9.41. The summed E-state index contributed by atoms with van der Waals surface area (Å²) in [6.07, 6.45) is 0. The SMILES string of the molecule is CCOc1ccc2cc(B(O)OC(C)(C)C(C)(C)O)ccc2c1. The van der Waals surface area contributed by atoms with Crippen LogP contribution in [0.5, 0.6) is 5.75 Å². The van der Waals surface area contributed by atoms with Gasteiger partial charge in [0, 0.05) is 0 Å². The number of fused-ring (bicyclic) bond motifs is 1. The molecule has 0 atom stereocenters. The van der Waals surface area contributed by atoms with Crippen molar-refractivity contribution in [2.24, 2.45) is 0 Å². The molecule has 2 aromatic carbocycles. The quantitative estimate of drug-likeness (QED) is 0.804. The topological polar surface area (TPSA) is 58.9 Å². The van der Waals surface area contributed by atoms with E-state index in [1.54, 1.807) is 27.7 Å². The fourth-order valence-electron chi connectivity index (χ4n) is 2.14. The minimum absolute atomic E-state index is 0.627. The predicted molar refractivity (Wildman–Crippen MR) is 94.2 cm³/mol. The van der Waals surface area contributed by atoms with Crippen LogP contribution in [0.2, 0.25) is 0 Å². The van der Waals surface area contributed by atoms with Gasteiger partial charge in [-0.25, -0.2) is 0 Å². The normalized spacial score (nSPS) is 12.5. The fourth-order valence-corrected chi connectivity index (χ4v) is 2.14. The van der Waals surface area contributed by atoms with Crippen molar-refractivity contribution in [2.75, 3.05) is 6.61 Å². The molecule has 0 radical (unpaired) electrons. The number of aliphatic hydroxyl groups is 1. The summed E-state index contributed by atoms with van der Waals surface area (Å²) in [4.78, 5) is 0. The molecule has 0 heterocycles. The molecule has 0 aliphatic rings. The molecule has 0 fully saturated rings. The Kier molecular flexibility index (Phi) is 5.04. The average Bonchev–Trinajstić information content (AvgIpc) is 2.45. The molecular formula is C18H25BO4. The molecule has 5 heteroatoms. The predicted octanol–water partition coefficient (Wildman–Crippen LogP) is 2.49. The Morgan fingerprint density at radius 1 is 1.00 bits per heavy atom. The zero-order chi connectivity index (χ0) is 17.3. The first-order valence-corrected chi connectivity index (χ1v) is 7.89. The zero-order valence-corrected chi connectivity index (χ0v) is 14.5. The molecular weight excluding hydrogens is 291 g/mol. The van der Waals surface area contributed by atoms with E-state index < -0.39 is 18.3 Å². The van der Waals surface area contributed by atoms with Crippen molar-refractivity contribution in [1.82, 2.24) is 0 Å². The Balaban J connectivity index is 2.25. The molecule has 0 saturated heterocycles. The second-order valence-corrected chi connectivity index (χ2v) is 6.74. The largest absolute Gasteiger partial charge is 0.494 e. The van der Waals surface area contributed by atoms with Gasteiger partial charge in [-0.1, -0.05) is 24.3 Å². The molecule has 0 aromatic heterocycles. The first-order chi connectivity index (χ1) is 10.6. The zero-order valence-electron chi connectivity index (χ0n) is 14.5. The van der Waals surface area contributed by atoms with Crippen LogP contribution in [0.1, 0.15) is 34.6 Å². The molecule has 0 bridgehead atoms. The van der Waals surface area contributed by atoms with E-state index in [1.165, 1.54) is 0 Å². The highest BCUT2D eigenvalue weighted by Gasteiger charge is 2.39. The first-order valence-electron chi connectivity index (χ1n) is 7.89. The molecule has 0 unspecified atom stereocenters. The Morgan fingerprint density at radius 3 is 2.22 bits per heavy atom. The maximum Gasteiger partial charge on any atom is 0.491 e. The lowest BCUT2D eigenvalue weighted by molar-refractivity contribution is -0.0982. The smallest absolute Gasteiger partial charge is 0.491 e. The van der Waals surface area contributed by atoms with Crippen LogP contribution in [0.25, 0.3) is 10.8 Å². The van der Waals surface area contributed by atoms with Crippen molar-refractivity contribution < 1.29 is 19.5 Å². The molecule has 0 saturated carbocycles. The van der Waals surface area contributed by atoms with Gasteiger partial charge in [-0.2, -0.15) is 0 Å². The average molecular weight is 316 g/mol. The Bertz CT molecular complexity index is 676. The lowest BCUT2D eigenvalue weighted by Gasteiger charge is -2.38. The van der Waals surface area contributed by atoms with E-state index in [2.05, 4.69) is 0 Å². The Morgan fingerprint density at radius 2 is 1.61 bits per heavy atom. The molecule has 0 spiro atoms. The highest BCUT2D eigenvalue weighted by molar-refractivity contribution is 6.60. The summed E-state index contributed by atoms with van der Waals surface area (Å²) in [7, 11) is -1.10. The van der Waals surface area contributed by atoms with Gasteiger partial charge in [-0.05, 0) is 63.0 Å². The number of hydrogen-bond donors (Lipinski definition) is 2. The van der Waals surface area contributed by atoms with Gasteiger partial charge in [0.2, 0.25) is 0 Å². The molecule has 0 amide bonds. The van der Waals surface area contributed by atoms with Crippen molar-refractivity contribution in [3.05, 3.63) is 36.4 Å². The van der Waals surface area contributed by atoms with Gasteiger partial charge in [-0.15, -0.1) is 0 Å². The monoisotopic (exact) mass is 316 g/mol. The fraction of sp³-hybridized carbons (Fsp3) is 0.444. The van der Waals surface area contributed by atoms with Crippen molar-refractivity contribution >= 4 is 23.4 Å². The molecule has 0 aliphatic carbocycles. The standard InChI is InChI=1S/C18H25BO4/c1-6-22-16-10-8-13-11-15(9-7-14(13)12-16)19(21)23-18(4,5)17(2,3)20/h7-12,20-21H,6H2,1-5H3. The van der Waals surface area contributed by atoms with Gasteiger partial charge in [0.05, 0.1) is 17.8 Å². The third-order valence-electron chi connectivity index (χ3n) is 4.31. The second-order valence-electron chi connectivity index (χ2n) is 6.74. The molecule has 0 aliphatic heterocycles. The van der Waals surface area contributed by atoms with E-state index in [-0.39, 0.29) is 0 Å². The van der Waals surface area contributed by atoms with Crippen LogP contribution in [0, 0.1) is 0 Å². The van der Waals surface area contributed by atoms with E-state index in [9.17, 15) is 10.1 Å². The van der Waals surface area contributed by atoms with Crippen molar-refractivity contribution in [3.8, 4) is 5.75 Å². The van der Waals surface area contributed by atoms with Gasteiger partial charge in [0.25, 0.3) is 0 Å². The number of ether oxygens (including phenoxy) is 1. The Labute approximate surface area is 138 Å². The number of hydrogen-bond acceptors (Lipinski definition) is 4. The number of rotatable bonds is 6. The van der Waals surface area contributed by atoms with E-state index in [4.69, 9.17) is 9.39 Å². The molecule has 2 aromatic rings. The van der Waals surface area contributed by atoms with Gasteiger partial charge in [0.15, 0.2) is 0 Å². The summed E-state index contributed by atoms with van der Waals surface area (Å²) in [5.41, 5.74) is -1.31. The van der Waals surface area contributed by atoms with E-state index in [0.717, 1.165) is 16.5 Å². The van der Waals surface area contributed by atoms with Gasteiger partial charge >= 0.3 is 7.12 Å². The van der Waals surface area contributed by atoms with Crippen LogP contribution < -0.4 is 10.2 Å². The van der Waals surface area contributed by atoms with Crippen LogP contribution in [0.15, 0.2) is 36.4 Å². The van der Waals surface area contributed by atoms with Crippen molar-refractivity contribution in [2.45, 2.75) is 45.8 Å². The van der Waals surface area contributed by atoms with E-state index in [1.807, 2.05) is 43.3 Å². The highest BCUT2D eigenvalue weighted by atomic mass is 16.5. The summed E-state index contributed by atoms with van der Waals surface area (Å²) >= 11 is 0. The van der Waals surface area contributed by atoms with Crippen LogP contribution >= 0.6 is 0 Å². The molecule has 2 N–H and O–H groups in total. The molecule has 124 valence electrons. The maximum atomic E-state index is 10.4. The highest BCUT2D eigenvalue weighted by Crippen LogP contribution is 2.26. The summed E-state index contributed by atoms with van der Waals surface area (Å²) in [5, 5.41) is 22.5. The number of benzene rings is 2. The van der Waals surface area contributed by atoms with Gasteiger partial charge < -0.3 is 19.5 Å². The van der Waals surface area contributed by atoms with Crippen molar-refractivity contribution in [3.63, 3.8) is 0 Å². The molecule has 2 rings (SSSR count). The summed E-state index contributed by atoms with van der Waals surface area (Å²) in [5.74, 6) is 0.827. The van der Waals surface area contributed by atoms with Gasteiger partial charge in [0.1, 0.15) is 5.75 Å². The minimum Gasteiger partial charge on any atom is -0.494 e. The van der Waals surface area contributed by atoms with Crippen LogP contribution in [0.4, 0.5) is 0 Å².